The number of carbonyl (C=O) groups is 4. The number of allylic oxidation sites excluding steroid dienone is 1. The number of carbonyl (C=O) groups excluding carboxylic acids is 4. The van der Waals surface area contributed by atoms with Gasteiger partial charge in [-0.3, -0.25) is 19.2 Å². The Hall–Kier alpha value is -6.11. The molecule has 0 saturated carbocycles. The van der Waals surface area contributed by atoms with Crippen molar-refractivity contribution in [3.63, 3.8) is 0 Å². The zero-order valence-electron chi connectivity index (χ0n) is 39.2. The van der Waals surface area contributed by atoms with Gasteiger partial charge in [0.05, 0.1) is 28.7 Å². The highest BCUT2D eigenvalue weighted by atomic mass is 32.1. The molecule has 348 valence electrons. The predicted octanol–water partition coefficient (Wildman–Crippen LogP) is 9.08. The number of thiazole rings is 1. The highest BCUT2D eigenvalue weighted by molar-refractivity contribution is 7.13. The summed E-state index contributed by atoms with van der Waals surface area (Å²) in [4.78, 5) is 62.2. The number of unbranched alkanes of at least 4 members (excludes halogenated alkanes) is 2. The van der Waals surface area contributed by atoms with Crippen molar-refractivity contribution >= 4 is 46.1 Å². The summed E-state index contributed by atoms with van der Waals surface area (Å²) in [6.45, 7) is 10.8. The van der Waals surface area contributed by atoms with Gasteiger partial charge in [0.25, 0.3) is 0 Å². The van der Waals surface area contributed by atoms with E-state index < -0.39 is 29.5 Å². The van der Waals surface area contributed by atoms with Gasteiger partial charge < -0.3 is 30.3 Å². The molecule has 4 amide bonds. The van der Waals surface area contributed by atoms with Crippen molar-refractivity contribution in [1.82, 2.24) is 25.4 Å². The third kappa shape index (κ3) is 13.3. The molecule has 0 radical (unpaired) electrons. The van der Waals surface area contributed by atoms with E-state index in [0.29, 0.717) is 38.8 Å². The number of hydrogen-bond acceptors (Lipinski definition) is 8. The maximum atomic E-state index is 14.0. The van der Waals surface area contributed by atoms with Crippen LogP contribution in [0.25, 0.3) is 21.6 Å². The Bertz CT molecular complexity index is 2410. The van der Waals surface area contributed by atoms with E-state index in [1.165, 1.54) is 21.6 Å². The minimum Gasteiger partial charge on any atom is -0.492 e. The number of likely N-dealkylation sites (N-methyl/N-ethyl adjacent to an activating group) is 1. The zero-order valence-corrected chi connectivity index (χ0v) is 40.0. The first-order chi connectivity index (χ1) is 31.7. The molecule has 4 aromatic carbocycles. The third-order valence-corrected chi connectivity index (χ3v) is 13.1. The highest BCUT2D eigenvalue weighted by Gasteiger charge is 2.44. The second-order valence-electron chi connectivity index (χ2n) is 18.1. The fourth-order valence-electron chi connectivity index (χ4n) is 8.37. The summed E-state index contributed by atoms with van der Waals surface area (Å²) in [5, 5.41) is 16.5. The Morgan fingerprint density at radius 2 is 1.50 bits per heavy atom. The number of ether oxygens (including phenoxy) is 1. The summed E-state index contributed by atoms with van der Waals surface area (Å²) < 4.78 is 6.06. The van der Waals surface area contributed by atoms with Gasteiger partial charge in [-0.15, -0.1) is 11.3 Å². The van der Waals surface area contributed by atoms with Crippen LogP contribution in [0.5, 0.6) is 5.75 Å². The SMILES string of the molecule is CC/C(=C(\c1ccccc1)c1ccc(OCCN(C)C(=O)CCCCCC(=O)N[C@H](C(=O)N2C[C@H](O)C[C@H]2C(=O)NCc2ccc(-c3scnc3C)cc2)C(C)(C)C)cc1)c1ccccc1. The quantitative estimate of drug-likeness (QED) is 0.0523. The molecule has 0 unspecified atom stereocenters. The monoisotopic (exact) mass is 911 g/mol. The van der Waals surface area contributed by atoms with Crippen LogP contribution in [0, 0.1) is 12.3 Å². The van der Waals surface area contributed by atoms with Crippen molar-refractivity contribution in [2.24, 2.45) is 5.41 Å². The van der Waals surface area contributed by atoms with Crippen LogP contribution in [0.2, 0.25) is 0 Å². The number of hydrogen-bond donors (Lipinski definition) is 3. The van der Waals surface area contributed by atoms with Crippen LogP contribution < -0.4 is 15.4 Å². The van der Waals surface area contributed by atoms with E-state index in [0.717, 1.165) is 45.0 Å². The largest absolute Gasteiger partial charge is 0.492 e. The van der Waals surface area contributed by atoms with Crippen LogP contribution in [-0.4, -0.2) is 88.5 Å². The van der Waals surface area contributed by atoms with Gasteiger partial charge in [-0.25, -0.2) is 4.98 Å². The van der Waals surface area contributed by atoms with Gasteiger partial charge >= 0.3 is 0 Å². The van der Waals surface area contributed by atoms with Crippen molar-refractivity contribution in [2.45, 2.75) is 104 Å². The van der Waals surface area contributed by atoms with Gasteiger partial charge in [-0.2, -0.15) is 0 Å². The lowest BCUT2D eigenvalue weighted by Gasteiger charge is -2.35. The Morgan fingerprint density at radius 1 is 0.864 bits per heavy atom. The van der Waals surface area contributed by atoms with Crippen LogP contribution in [0.15, 0.2) is 115 Å². The van der Waals surface area contributed by atoms with Gasteiger partial charge in [0.2, 0.25) is 23.6 Å². The minimum absolute atomic E-state index is 0.00707. The summed E-state index contributed by atoms with van der Waals surface area (Å²) >= 11 is 1.58. The molecule has 5 aromatic rings. The van der Waals surface area contributed by atoms with Gasteiger partial charge in [-0.05, 0) is 82.7 Å². The molecule has 66 heavy (non-hydrogen) atoms. The maximum absolute atomic E-state index is 14.0. The lowest BCUT2D eigenvalue weighted by Crippen LogP contribution is -2.57. The summed E-state index contributed by atoms with van der Waals surface area (Å²) in [5.41, 5.74) is 10.0. The number of rotatable bonds is 20. The molecule has 1 saturated heterocycles. The van der Waals surface area contributed by atoms with E-state index in [2.05, 4.69) is 83.2 Å². The summed E-state index contributed by atoms with van der Waals surface area (Å²) in [6, 6.07) is 35.2. The number of β-amino-alcohol motifs (C(OH)–C–C–N with tert-alkyl or cyclic N) is 1. The fraction of sp³-hybridized carbons (Fsp3) is 0.389. The number of aryl methyl sites for hydroxylation is 1. The molecule has 11 nitrogen and oxygen atoms in total. The van der Waals surface area contributed by atoms with Gasteiger partial charge in [0.1, 0.15) is 24.4 Å². The molecule has 6 rings (SSSR count). The maximum Gasteiger partial charge on any atom is 0.246 e. The van der Waals surface area contributed by atoms with Crippen LogP contribution in [0.4, 0.5) is 0 Å². The lowest BCUT2D eigenvalue weighted by atomic mass is 9.85. The Balaban J connectivity index is 0.920. The molecular formula is C54H65N5O6S. The normalized spacial score (nSPS) is 15.7. The first-order valence-corrected chi connectivity index (χ1v) is 24.0. The predicted molar refractivity (Wildman–Crippen MR) is 263 cm³/mol. The molecule has 1 aromatic heterocycles. The van der Waals surface area contributed by atoms with E-state index in [1.54, 1.807) is 23.3 Å². The van der Waals surface area contributed by atoms with Crippen LogP contribution in [0.1, 0.15) is 101 Å². The van der Waals surface area contributed by atoms with E-state index in [-0.39, 0.29) is 43.7 Å². The lowest BCUT2D eigenvalue weighted by molar-refractivity contribution is -0.144. The summed E-state index contributed by atoms with van der Waals surface area (Å²) in [7, 11) is 1.77. The molecule has 3 atom stereocenters. The average Bonchev–Trinajstić information content (AvgIpc) is 3.94. The van der Waals surface area contributed by atoms with Crippen molar-refractivity contribution in [2.75, 3.05) is 26.7 Å². The zero-order chi connectivity index (χ0) is 47.2. The number of amides is 4. The first kappa shape index (κ1) is 49.3. The number of aliphatic hydroxyl groups excluding tert-OH is 1. The molecule has 0 aliphatic carbocycles. The second kappa shape index (κ2) is 23.4. The first-order valence-electron chi connectivity index (χ1n) is 23.1. The fourth-order valence-corrected chi connectivity index (χ4v) is 9.18. The average molecular weight is 912 g/mol. The number of aliphatic hydroxyl groups is 1. The second-order valence-corrected chi connectivity index (χ2v) is 19.0. The molecule has 0 bridgehead atoms. The van der Waals surface area contributed by atoms with E-state index in [1.807, 2.05) is 81.7 Å². The molecule has 12 heteroatoms. The number of aromatic nitrogens is 1. The van der Waals surface area contributed by atoms with Crippen molar-refractivity contribution in [1.29, 1.82) is 0 Å². The van der Waals surface area contributed by atoms with Gasteiger partial charge in [0.15, 0.2) is 0 Å². The van der Waals surface area contributed by atoms with Crippen LogP contribution >= 0.6 is 11.3 Å². The van der Waals surface area contributed by atoms with Gasteiger partial charge in [-0.1, -0.05) is 131 Å². The minimum atomic E-state index is -0.902. The Morgan fingerprint density at radius 3 is 2.12 bits per heavy atom. The van der Waals surface area contributed by atoms with Crippen molar-refractivity contribution in [3.05, 3.63) is 143 Å². The number of likely N-dealkylation sites (tertiary alicyclic amines) is 1. The molecule has 1 aliphatic heterocycles. The molecule has 3 N–H and O–H groups in total. The topological polar surface area (TPSA) is 141 Å². The van der Waals surface area contributed by atoms with E-state index >= 15 is 0 Å². The number of benzene rings is 4. The molecular weight excluding hydrogens is 847 g/mol. The smallest absolute Gasteiger partial charge is 0.246 e. The van der Waals surface area contributed by atoms with Crippen LogP contribution in [0.3, 0.4) is 0 Å². The van der Waals surface area contributed by atoms with E-state index in [4.69, 9.17) is 4.74 Å². The molecule has 0 spiro atoms. The highest BCUT2D eigenvalue weighted by Crippen LogP contribution is 2.35. The third-order valence-electron chi connectivity index (χ3n) is 12.1. The summed E-state index contributed by atoms with van der Waals surface area (Å²) in [5.74, 6) is -0.282. The molecule has 1 fully saturated rings. The standard InChI is InChI=1S/C54H65N5O6S/c1-7-45(39-17-11-8-12-18-39)49(40-19-13-9-14-20-40)41-27-29-44(30-28-41)65-32-31-58(6)48(62)22-16-10-15-21-47(61)57-51(54(3,4)5)53(64)59-35-43(60)33-46(59)52(63)55-34-38-23-25-42(26-24-38)50-37(2)56-36-66-50/h8-9,11-14,17-20,23-30,36,43,46,51,60H,7,10,15-16,21-22,31-35H2,1-6H3,(H,55,63)(H,57,61)/b49-45-/t43-,46+,51-/m1/s1. The molecule has 1 aliphatic rings. The number of nitrogens with zero attached hydrogens (tertiary/aromatic N) is 3. The van der Waals surface area contributed by atoms with E-state index in [9.17, 15) is 24.3 Å². The Labute approximate surface area is 394 Å². The van der Waals surface area contributed by atoms with Crippen LogP contribution in [-0.2, 0) is 25.7 Å². The number of nitrogens with one attached hydrogen (secondary N) is 2. The van der Waals surface area contributed by atoms with Crippen molar-refractivity contribution in [3.8, 4) is 16.2 Å². The van der Waals surface area contributed by atoms with Gasteiger partial charge in [0, 0.05) is 39.4 Å². The summed E-state index contributed by atoms with van der Waals surface area (Å²) in [6.07, 6.45) is 2.53. The van der Waals surface area contributed by atoms with Crippen molar-refractivity contribution < 1.29 is 29.0 Å². The molecule has 2 heterocycles. The Kier molecular flexibility index (Phi) is 17.5.